The van der Waals surface area contributed by atoms with Gasteiger partial charge in [-0.3, -0.25) is 0 Å². The molecule has 62 valence electrons. The summed E-state index contributed by atoms with van der Waals surface area (Å²) in [6, 6.07) is 6.18. The summed E-state index contributed by atoms with van der Waals surface area (Å²) < 4.78 is 0. The summed E-state index contributed by atoms with van der Waals surface area (Å²) in [6.07, 6.45) is 8.04. The van der Waals surface area contributed by atoms with Crippen LogP contribution in [0.2, 0.25) is 0 Å². The first-order chi connectivity index (χ1) is 5.86. The monoisotopic (exact) mass is 159 g/mol. The minimum absolute atomic E-state index is 0.861. The first kappa shape index (κ1) is 7.41. The minimum Gasteiger partial charge on any atom is -0.399 e. The average molecular weight is 159 g/mol. The lowest BCUT2D eigenvalue weighted by Crippen LogP contribution is -1.90. The van der Waals surface area contributed by atoms with Gasteiger partial charge in [-0.25, -0.2) is 0 Å². The fraction of sp³-hybridized carbons (Fsp3) is 0.273. The minimum atomic E-state index is 0.861. The van der Waals surface area contributed by atoms with Gasteiger partial charge in [0.1, 0.15) is 0 Å². The summed E-state index contributed by atoms with van der Waals surface area (Å²) in [4.78, 5) is 0. The molecule has 1 aliphatic carbocycles. The van der Waals surface area contributed by atoms with E-state index in [9.17, 15) is 0 Å². The van der Waals surface area contributed by atoms with Crippen molar-refractivity contribution in [3.8, 4) is 0 Å². The van der Waals surface area contributed by atoms with Crippen molar-refractivity contribution >= 4 is 11.8 Å². The average Bonchev–Trinajstić information content (AvgIpc) is 2.28. The summed E-state index contributed by atoms with van der Waals surface area (Å²) in [5.41, 5.74) is 9.29. The number of hydrogen-bond acceptors (Lipinski definition) is 1. The number of aryl methyl sites for hydroxylation is 1. The van der Waals surface area contributed by atoms with E-state index in [1.165, 1.54) is 30.4 Å². The Hall–Kier alpha value is -1.24. The third kappa shape index (κ3) is 1.35. The van der Waals surface area contributed by atoms with E-state index in [4.69, 9.17) is 5.73 Å². The number of nitrogens with two attached hydrogens (primary N) is 1. The molecule has 0 aromatic heterocycles. The Labute approximate surface area is 72.9 Å². The molecule has 1 aromatic rings. The molecule has 1 aromatic carbocycles. The molecule has 0 atom stereocenters. The van der Waals surface area contributed by atoms with Crippen LogP contribution in [0.5, 0.6) is 0 Å². The quantitative estimate of drug-likeness (QED) is 0.578. The highest BCUT2D eigenvalue weighted by atomic mass is 14.5. The van der Waals surface area contributed by atoms with Crippen LogP contribution >= 0.6 is 0 Å². The third-order valence-electron chi connectivity index (χ3n) is 2.28. The number of nitrogen functional groups attached to an aromatic ring is 1. The van der Waals surface area contributed by atoms with Gasteiger partial charge in [0.25, 0.3) is 0 Å². The van der Waals surface area contributed by atoms with Crippen LogP contribution < -0.4 is 5.73 Å². The molecule has 2 N–H and O–H groups in total. The van der Waals surface area contributed by atoms with E-state index in [0.29, 0.717) is 0 Å². The number of hydrogen-bond donors (Lipinski definition) is 1. The predicted octanol–water partition coefficient (Wildman–Crippen LogP) is 2.62. The van der Waals surface area contributed by atoms with E-state index in [2.05, 4.69) is 24.3 Å². The lowest BCUT2D eigenvalue weighted by atomic mass is 10.0. The maximum Gasteiger partial charge on any atom is 0.0320 e. The molecule has 0 aliphatic heterocycles. The van der Waals surface area contributed by atoms with E-state index in [-0.39, 0.29) is 0 Å². The third-order valence-corrected chi connectivity index (χ3v) is 2.28. The lowest BCUT2D eigenvalue weighted by Gasteiger charge is -2.03. The predicted molar refractivity (Wildman–Crippen MR) is 52.8 cm³/mol. The fourth-order valence-electron chi connectivity index (χ4n) is 1.62. The Kier molecular flexibility index (Phi) is 1.86. The zero-order valence-electron chi connectivity index (χ0n) is 7.09. The molecule has 1 aliphatic rings. The fourth-order valence-corrected chi connectivity index (χ4v) is 1.62. The van der Waals surface area contributed by atoms with Crippen molar-refractivity contribution in [3.63, 3.8) is 0 Å². The molecule has 0 spiro atoms. The van der Waals surface area contributed by atoms with Crippen LogP contribution in [0.25, 0.3) is 6.08 Å². The Bertz CT molecular complexity index is 313. The molecule has 12 heavy (non-hydrogen) atoms. The van der Waals surface area contributed by atoms with E-state index in [1.807, 2.05) is 6.07 Å². The van der Waals surface area contributed by atoms with Gasteiger partial charge in [-0.05, 0) is 42.5 Å². The van der Waals surface area contributed by atoms with Gasteiger partial charge in [0, 0.05) is 5.69 Å². The van der Waals surface area contributed by atoms with Crippen molar-refractivity contribution < 1.29 is 0 Å². The molecule has 0 unspecified atom stereocenters. The zero-order chi connectivity index (χ0) is 8.39. The summed E-state index contributed by atoms with van der Waals surface area (Å²) in [5, 5.41) is 0. The van der Waals surface area contributed by atoms with Gasteiger partial charge in [-0.1, -0.05) is 18.2 Å². The van der Waals surface area contributed by atoms with Crippen molar-refractivity contribution in [1.29, 1.82) is 0 Å². The Morgan fingerprint density at radius 2 is 2.17 bits per heavy atom. The number of benzene rings is 1. The maximum absolute atomic E-state index is 5.70. The molecule has 2 rings (SSSR count). The van der Waals surface area contributed by atoms with Gasteiger partial charge in [0.2, 0.25) is 0 Å². The second-order valence-corrected chi connectivity index (χ2v) is 3.25. The maximum atomic E-state index is 5.70. The number of rotatable bonds is 0. The molecular formula is C11H13N. The highest BCUT2D eigenvalue weighted by molar-refractivity contribution is 5.60. The molecule has 0 fully saturated rings. The molecule has 0 radical (unpaired) electrons. The lowest BCUT2D eigenvalue weighted by molar-refractivity contribution is 0.852. The van der Waals surface area contributed by atoms with Crippen LogP contribution in [0.1, 0.15) is 24.0 Å². The summed E-state index contributed by atoms with van der Waals surface area (Å²) in [6.45, 7) is 0. The van der Waals surface area contributed by atoms with E-state index >= 15 is 0 Å². The highest BCUT2D eigenvalue weighted by Crippen LogP contribution is 2.20. The van der Waals surface area contributed by atoms with Crippen molar-refractivity contribution in [2.75, 3.05) is 5.73 Å². The van der Waals surface area contributed by atoms with Crippen LogP contribution in [0.3, 0.4) is 0 Å². The van der Waals surface area contributed by atoms with Gasteiger partial charge < -0.3 is 5.73 Å². The Morgan fingerprint density at radius 1 is 1.25 bits per heavy atom. The number of anilines is 1. The Morgan fingerprint density at radius 3 is 3.08 bits per heavy atom. The molecule has 0 amide bonds. The molecule has 0 saturated carbocycles. The zero-order valence-corrected chi connectivity index (χ0v) is 7.09. The standard InChI is InChI=1S/C11H13N/c12-11-7-6-9-4-2-1-3-5-10(9)8-11/h3,5-8H,1-2,4,12H2. The number of allylic oxidation sites excluding steroid dienone is 1. The second-order valence-electron chi connectivity index (χ2n) is 3.25. The van der Waals surface area contributed by atoms with Crippen LogP contribution in [-0.2, 0) is 6.42 Å². The summed E-state index contributed by atoms with van der Waals surface area (Å²) >= 11 is 0. The largest absolute Gasteiger partial charge is 0.399 e. The molecule has 1 nitrogen and oxygen atoms in total. The van der Waals surface area contributed by atoms with E-state index < -0.39 is 0 Å². The first-order valence-electron chi connectivity index (χ1n) is 4.41. The van der Waals surface area contributed by atoms with Gasteiger partial charge in [-0.15, -0.1) is 0 Å². The number of fused-ring (bicyclic) bond motifs is 1. The van der Waals surface area contributed by atoms with Crippen molar-refractivity contribution in [1.82, 2.24) is 0 Å². The van der Waals surface area contributed by atoms with E-state index in [0.717, 1.165) is 5.69 Å². The van der Waals surface area contributed by atoms with Gasteiger partial charge in [0.15, 0.2) is 0 Å². The van der Waals surface area contributed by atoms with Crippen molar-refractivity contribution in [2.45, 2.75) is 19.3 Å². The summed E-state index contributed by atoms with van der Waals surface area (Å²) in [7, 11) is 0. The van der Waals surface area contributed by atoms with Gasteiger partial charge in [0.05, 0.1) is 0 Å². The van der Waals surface area contributed by atoms with Crippen LogP contribution in [0, 0.1) is 0 Å². The van der Waals surface area contributed by atoms with Gasteiger partial charge >= 0.3 is 0 Å². The SMILES string of the molecule is Nc1ccc2c(c1)C=CCCC2. The van der Waals surface area contributed by atoms with Crippen LogP contribution in [0.4, 0.5) is 5.69 Å². The smallest absolute Gasteiger partial charge is 0.0320 e. The van der Waals surface area contributed by atoms with Crippen molar-refractivity contribution in [3.05, 3.63) is 35.4 Å². The molecular weight excluding hydrogens is 146 g/mol. The second kappa shape index (κ2) is 3.02. The summed E-state index contributed by atoms with van der Waals surface area (Å²) in [5.74, 6) is 0. The molecule has 0 bridgehead atoms. The molecule has 0 heterocycles. The van der Waals surface area contributed by atoms with Crippen LogP contribution in [-0.4, -0.2) is 0 Å². The normalized spacial score (nSPS) is 15.3. The molecule has 0 saturated heterocycles. The Balaban J connectivity index is 2.47. The first-order valence-corrected chi connectivity index (χ1v) is 4.41. The van der Waals surface area contributed by atoms with Crippen molar-refractivity contribution in [2.24, 2.45) is 0 Å². The highest BCUT2D eigenvalue weighted by Gasteiger charge is 2.02. The van der Waals surface area contributed by atoms with E-state index in [1.54, 1.807) is 0 Å². The topological polar surface area (TPSA) is 26.0 Å². The van der Waals surface area contributed by atoms with Crippen LogP contribution in [0.15, 0.2) is 24.3 Å². The van der Waals surface area contributed by atoms with Gasteiger partial charge in [-0.2, -0.15) is 0 Å². The molecule has 1 heteroatoms.